The van der Waals surface area contributed by atoms with Gasteiger partial charge in [-0.05, 0) is 32.4 Å². The fraction of sp³-hybridized carbons (Fsp3) is 0.625. The third kappa shape index (κ3) is 4.34. The van der Waals surface area contributed by atoms with Crippen LogP contribution in [0.3, 0.4) is 0 Å². The van der Waals surface area contributed by atoms with Crippen molar-refractivity contribution < 1.29 is 9.53 Å². The lowest BCUT2D eigenvalue weighted by atomic mass is 10.1. The van der Waals surface area contributed by atoms with Gasteiger partial charge in [-0.1, -0.05) is 6.07 Å². The van der Waals surface area contributed by atoms with E-state index in [9.17, 15) is 4.79 Å². The zero-order chi connectivity index (χ0) is 16.3. The van der Waals surface area contributed by atoms with Crippen molar-refractivity contribution in [1.82, 2.24) is 15.2 Å². The Morgan fingerprint density at radius 2 is 2.23 bits per heavy atom. The molecule has 0 aromatic carbocycles. The summed E-state index contributed by atoms with van der Waals surface area (Å²) in [7, 11) is 3.90. The molecule has 22 heavy (non-hydrogen) atoms. The molecule has 2 rings (SSSR count). The van der Waals surface area contributed by atoms with Gasteiger partial charge >= 0.3 is 6.03 Å². The van der Waals surface area contributed by atoms with Crippen molar-refractivity contribution in [2.75, 3.05) is 32.1 Å². The van der Waals surface area contributed by atoms with E-state index in [2.05, 4.69) is 10.3 Å². The number of hydrogen-bond acceptors (Lipinski definition) is 4. The van der Waals surface area contributed by atoms with E-state index in [0.29, 0.717) is 19.6 Å². The van der Waals surface area contributed by atoms with Crippen molar-refractivity contribution in [3.05, 3.63) is 23.9 Å². The molecule has 2 amide bonds. The highest BCUT2D eigenvalue weighted by molar-refractivity contribution is 5.74. The van der Waals surface area contributed by atoms with Gasteiger partial charge in [-0.2, -0.15) is 0 Å². The molecule has 1 unspecified atom stereocenters. The normalized spacial score (nSPS) is 20.6. The Morgan fingerprint density at radius 3 is 2.77 bits per heavy atom. The first-order valence-electron chi connectivity index (χ1n) is 7.60. The maximum absolute atomic E-state index is 12.3. The molecule has 6 nitrogen and oxygen atoms in total. The largest absolute Gasteiger partial charge is 0.369 e. The van der Waals surface area contributed by atoms with Gasteiger partial charge in [-0.25, -0.2) is 9.78 Å². The molecule has 122 valence electrons. The van der Waals surface area contributed by atoms with Crippen molar-refractivity contribution in [2.24, 2.45) is 0 Å². The van der Waals surface area contributed by atoms with E-state index in [1.807, 2.05) is 56.8 Å². The molecule has 1 aliphatic rings. The van der Waals surface area contributed by atoms with Gasteiger partial charge in [0.25, 0.3) is 0 Å². The highest BCUT2D eigenvalue weighted by Gasteiger charge is 2.33. The summed E-state index contributed by atoms with van der Waals surface area (Å²) in [4.78, 5) is 20.4. The van der Waals surface area contributed by atoms with Gasteiger partial charge < -0.3 is 19.9 Å². The average Bonchev–Trinajstić information content (AvgIpc) is 2.43. The van der Waals surface area contributed by atoms with E-state index >= 15 is 0 Å². The second kappa shape index (κ2) is 6.52. The molecule has 1 fully saturated rings. The number of pyridine rings is 1. The number of rotatable bonds is 3. The predicted molar refractivity (Wildman–Crippen MR) is 87.0 cm³/mol. The molecule has 2 heterocycles. The van der Waals surface area contributed by atoms with Crippen LogP contribution in [0.2, 0.25) is 0 Å². The van der Waals surface area contributed by atoms with Crippen molar-refractivity contribution in [2.45, 2.75) is 39.0 Å². The lowest BCUT2D eigenvalue weighted by Gasteiger charge is -2.41. The van der Waals surface area contributed by atoms with Crippen molar-refractivity contribution in [3.63, 3.8) is 0 Å². The molecule has 0 spiro atoms. The Labute approximate surface area is 132 Å². The number of morpholine rings is 1. The zero-order valence-corrected chi connectivity index (χ0v) is 14.1. The van der Waals surface area contributed by atoms with Crippen molar-refractivity contribution in [1.29, 1.82) is 0 Å². The number of ether oxygens (including phenoxy) is 1. The third-order valence-electron chi connectivity index (χ3n) is 3.57. The topological polar surface area (TPSA) is 57.7 Å². The van der Waals surface area contributed by atoms with Crippen LogP contribution in [0, 0.1) is 0 Å². The first kappa shape index (κ1) is 16.5. The van der Waals surface area contributed by atoms with Crippen LogP contribution in [0.1, 0.15) is 26.3 Å². The number of nitrogens with one attached hydrogen (secondary N) is 1. The highest BCUT2D eigenvalue weighted by atomic mass is 16.5. The van der Waals surface area contributed by atoms with Crippen LogP contribution in [0.5, 0.6) is 0 Å². The summed E-state index contributed by atoms with van der Waals surface area (Å²) in [5.74, 6) is 0.902. The molecule has 1 N–H and O–H groups in total. The van der Waals surface area contributed by atoms with E-state index in [4.69, 9.17) is 4.74 Å². The van der Waals surface area contributed by atoms with Crippen LogP contribution < -0.4 is 10.2 Å². The molecule has 1 atom stereocenters. The molecule has 0 radical (unpaired) electrons. The molecule has 1 aromatic heterocycles. The summed E-state index contributed by atoms with van der Waals surface area (Å²) < 4.78 is 5.82. The first-order chi connectivity index (χ1) is 10.3. The fourth-order valence-corrected chi connectivity index (χ4v) is 2.68. The summed E-state index contributed by atoms with van der Waals surface area (Å²) in [6, 6.07) is 3.87. The van der Waals surface area contributed by atoms with Gasteiger partial charge in [0.15, 0.2) is 0 Å². The minimum absolute atomic E-state index is 0.0514. The zero-order valence-electron chi connectivity index (χ0n) is 14.1. The molecular weight excluding hydrogens is 280 g/mol. The lowest BCUT2D eigenvalue weighted by Crippen LogP contribution is -2.56. The number of aromatic nitrogens is 1. The summed E-state index contributed by atoms with van der Waals surface area (Å²) in [5.41, 5.74) is 0.684. The quantitative estimate of drug-likeness (QED) is 0.926. The Balaban J connectivity index is 1.89. The van der Waals surface area contributed by atoms with E-state index in [0.717, 1.165) is 11.4 Å². The average molecular weight is 306 g/mol. The summed E-state index contributed by atoms with van der Waals surface area (Å²) in [5, 5.41) is 2.95. The number of carbonyl (C=O) groups is 1. The van der Waals surface area contributed by atoms with Crippen LogP contribution in [0.25, 0.3) is 0 Å². The van der Waals surface area contributed by atoms with Crippen LogP contribution in [-0.4, -0.2) is 54.8 Å². The van der Waals surface area contributed by atoms with Gasteiger partial charge in [0.05, 0.1) is 18.2 Å². The fourth-order valence-electron chi connectivity index (χ4n) is 2.68. The highest BCUT2D eigenvalue weighted by Crippen LogP contribution is 2.20. The molecule has 0 saturated carbocycles. The van der Waals surface area contributed by atoms with E-state index in [1.54, 1.807) is 6.20 Å². The smallest absolute Gasteiger partial charge is 0.317 e. The van der Waals surface area contributed by atoms with Crippen LogP contribution in [0.15, 0.2) is 18.3 Å². The van der Waals surface area contributed by atoms with E-state index in [1.165, 1.54) is 0 Å². The minimum Gasteiger partial charge on any atom is -0.369 e. The maximum atomic E-state index is 12.3. The molecule has 1 saturated heterocycles. The second-order valence-electron chi connectivity index (χ2n) is 6.65. The van der Waals surface area contributed by atoms with E-state index in [-0.39, 0.29) is 17.7 Å². The second-order valence-corrected chi connectivity index (χ2v) is 6.65. The monoisotopic (exact) mass is 306 g/mol. The number of hydrogen-bond donors (Lipinski definition) is 1. The van der Waals surface area contributed by atoms with Gasteiger partial charge in [-0.3, -0.25) is 0 Å². The Bertz CT molecular complexity index is 513. The van der Waals surface area contributed by atoms with Gasteiger partial charge in [0.2, 0.25) is 0 Å². The number of nitrogens with zero attached hydrogens (tertiary/aromatic N) is 3. The number of urea groups is 1. The molecule has 6 heteroatoms. The van der Waals surface area contributed by atoms with Gasteiger partial charge in [0, 0.05) is 33.4 Å². The SMILES string of the molecule is CC1CN(C(=O)NCc2ccc(N(C)C)nc2)CC(C)(C)O1. The first-order valence-corrected chi connectivity index (χ1v) is 7.60. The maximum Gasteiger partial charge on any atom is 0.317 e. The van der Waals surface area contributed by atoms with Crippen LogP contribution in [-0.2, 0) is 11.3 Å². The molecule has 0 aliphatic carbocycles. The molecule has 1 aliphatic heterocycles. The summed E-state index contributed by atoms with van der Waals surface area (Å²) in [6.07, 6.45) is 1.84. The van der Waals surface area contributed by atoms with Gasteiger partial charge in [0.1, 0.15) is 5.82 Å². The van der Waals surface area contributed by atoms with Crippen LogP contribution >= 0.6 is 0 Å². The van der Waals surface area contributed by atoms with E-state index < -0.39 is 0 Å². The predicted octanol–water partition coefficient (Wildman–Crippen LogP) is 1.86. The number of amides is 2. The van der Waals surface area contributed by atoms with Gasteiger partial charge in [-0.15, -0.1) is 0 Å². The van der Waals surface area contributed by atoms with Crippen molar-refractivity contribution in [3.8, 4) is 0 Å². The number of carbonyl (C=O) groups excluding carboxylic acids is 1. The molecular formula is C16H26N4O2. The van der Waals surface area contributed by atoms with Crippen molar-refractivity contribution >= 4 is 11.8 Å². The van der Waals surface area contributed by atoms with Crippen LogP contribution in [0.4, 0.5) is 10.6 Å². The molecule has 1 aromatic rings. The summed E-state index contributed by atoms with van der Waals surface area (Å²) in [6.45, 7) is 7.70. The number of anilines is 1. The Morgan fingerprint density at radius 1 is 1.50 bits per heavy atom. The summed E-state index contributed by atoms with van der Waals surface area (Å²) >= 11 is 0. The lowest BCUT2D eigenvalue weighted by molar-refractivity contribution is -0.117. The Kier molecular flexibility index (Phi) is 4.90. The molecule has 0 bridgehead atoms. The standard InChI is InChI=1S/C16H26N4O2/c1-12-10-20(11-16(2,3)22-12)15(21)18-9-13-6-7-14(17-8-13)19(4)5/h6-8,12H,9-11H2,1-5H3,(H,18,21). The Hall–Kier alpha value is -1.82. The minimum atomic E-state index is -0.302. The third-order valence-corrected chi connectivity index (χ3v) is 3.57.